The molecule has 9 nitrogen and oxygen atoms in total. The Kier molecular flexibility index (Phi) is 5.70. The number of thiophene rings is 1. The summed E-state index contributed by atoms with van der Waals surface area (Å²) in [5, 5.41) is 10.4. The largest absolute Gasteiger partial charge is 0.405 e. The SMILES string of the molecule is O=C(Nc1nnc([C@H]2CCCO2)o1)C1CCN(S(=O)(=O)c2ccc(Cl)s2)CC1. The van der Waals surface area contributed by atoms with Gasteiger partial charge in [0.1, 0.15) is 10.3 Å². The minimum atomic E-state index is -3.57. The first kappa shape index (κ1) is 19.8. The number of halogens is 1. The molecule has 2 fully saturated rings. The van der Waals surface area contributed by atoms with Crippen LogP contribution in [0.15, 0.2) is 20.8 Å². The van der Waals surface area contributed by atoms with E-state index in [0.717, 1.165) is 24.2 Å². The fourth-order valence-electron chi connectivity index (χ4n) is 3.32. The van der Waals surface area contributed by atoms with E-state index in [1.165, 1.54) is 10.4 Å². The lowest BCUT2D eigenvalue weighted by molar-refractivity contribution is -0.121. The van der Waals surface area contributed by atoms with Crippen molar-refractivity contribution in [3.05, 3.63) is 22.4 Å². The summed E-state index contributed by atoms with van der Waals surface area (Å²) in [6, 6.07) is 3.11. The maximum atomic E-state index is 12.6. The van der Waals surface area contributed by atoms with Crippen LogP contribution in [0.1, 0.15) is 37.7 Å². The molecular formula is C16H19ClN4O5S2. The summed E-state index contributed by atoms with van der Waals surface area (Å²) in [5.74, 6) is -0.210. The molecule has 2 saturated heterocycles. The van der Waals surface area contributed by atoms with Gasteiger partial charge in [-0.1, -0.05) is 16.7 Å². The van der Waals surface area contributed by atoms with Gasteiger partial charge in [0.2, 0.25) is 11.8 Å². The highest BCUT2D eigenvalue weighted by atomic mass is 35.5. The van der Waals surface area contributed by atoms with Crippen LogP contribution in [0, 0.1) is 5.92 Å². The average molecular weight is 447 g/mol. The van der Waals surface area contributed by atoms with Gasteiger partial charge in [-0.2, -0.15) is 4.31 Å². The quantitative estimate of drug-likeness (QED) is 0.750. The fraction of sp³-hybridized carbons (Fsp3) is 0.562. The number of sulfonamides is 1. The molecule has 1 amide bonds. The predicted octanol–water partition coefficient (Wildman–Crippen LogP) is 2.68. The van der Waals surface area contributed by atoms with Gasteiger partial charge >= 0.3 is 6.01 Å². The van der Waals surface area contributed by atoms with Gasteiger partial charge in [-0.3, -0.25) is 10.1 Å². The van der Waals surface area contributed by atoms with Crippen molar-refractivity contribution < 1.29 is 22.4 Å². The van der Waals surface area contributed by atoms with Gasteiger partial charge in [-0.15, -0.1) is 16.4 Å². The van der Waals surface area contributed by atoms with Gasteiger partial charge < -0.3 is 9.15 Å². The number of carbonyl (C=O) groups is 1. The second kappa shape index (κ2) is 8.07. The van der Waals surface area contributed by atoms with Crippen molar-refractivity contribution in [2.24, 2.45) is 5.92 Å². The molecule has 0 unspecified atom stereocenters. The lowest BCUT2D eigenvalue weighted by Crippen LogP contribution is -2.41. The highest BCUT2D eigenvalue weighted by Crippen LogP contribution is 2.31. The zero-order valence-corrected chi connectivity index (χ0v) is 17.2. The topological polar surface area (TPSA) is 115 Å². The van der Waals surface area contributed by atoms with Crippen LogP contribution in [0.3, 0.4) is 0 Å². The lowest BCUT2D eigenvalue weighted by atomic mass is 9.97. The standard InChI is InChI=1S/C16H19ClN4O5S2/c17-12-3-4-13(27-12)28(23,24)21-7-5-10(6-8-21)14(22)18-16-20-19-15(26-16)11-2-1-9-25-11/h3-4,10-11H,1-2,5-9H2,(H,18,20,22)/t11-/m1/s1. The molecule has 28 heavy (non-hydrogen) atoms. The highest BCUT2D eigenvalue weighted by Gasteiger charge is 2.33. The molecule has 2 aliphatic heterocycles. The Morgan fingerprint density at radius 1 is 1.25 bits per heavy atom. The van der Waals surface area contributed by atoms with Crippen molar-refractivity contribution in [2.75, 3.05) is 25.0 Å². The molecule has 152 valence electrons. The first-order valence-electron chi connectivity index (χ1n) is 8.95. The Bertz CT molecular complexity index is 946. The molecule has 0 radical (unpaired) electrons. The molecule has 1 N–H and O–H groups in total. The van der Waals surface area contributed by atoms with Gasteiger partial charge in [0.05, 0.1) is 4.34 Å². The molecular weight excluding hydrogens is 428 g/mol. The van der Waals surface area contributed by atoms with E-state index in [-0.39, 0.29) is 41.2 Å². The predicted molar refractivity (Wildman–Crippen MR) is 102 cm³/mol. The first-order valence-corrected chi connectivity index (χ1v) is 11.6. The van der Waals surface area contributed by atoms with E-state index in [4.69, 9.17) is 20.8 Å². The molecule has 0 saturated carbocycles. The van der Waals surface area contributed by atoms with Crippen molar-refractivity contribution in [3.63, 3.8) is 0 Å². The molecule has 2 aromatic rings. The first-order chi connectivity index (χ1) is 13.4. The molecule has 2 aromatic heterocycles. The summed E-state index contributed by atoms with van der Waals surface area (Å²) in [6.45, 7) is 1.19. The van der Waals surface area contributed by atoms with Gasteiger partial charge in [-0.25, -0.2) is 8.42 Å². The Morgan fingerprint density at radius 2 is 2.04 bits per heavy atom. The van der Waals surface area contributed by atoms with E-state index in [1.54, 1.807) is 6.07 Å². The zero-order valence-electron chi connectivity index (χ0n) is 14.8. The number of hydrogen-bond donors (Lipinski definition) is 1. The van der Waals surface area contributed by atoms with Crippen molar-refractivity contribution in [1.82, 2.24) is 14.5 Å². The third-order valence-corrected chi connectivity index (χ3v) is 8.44. The number of carbonyl (C=O) groups excluding carboxylic acids is 1. The van der Waals surface area contributed by atoms with Crippen molar-refractivity contribution in [1.29, 1.82) is 0 Å². The molecule has 4 heterocycles. The van der Waals surface area contributed by atoms with E-state index < -0.39 is 10.0 Å². The monoisotopic (exact) mass is 446 g/mol. The number of anilines is 1. The smallest absolute Gasteiger partial charge is 0.322 e. The van der Waals surface area contributed by atoms with Crippen LogP contribution in [0.4, 0.5) is 6.01 Å². The number of hydrogen-bond acceptors (Lipinski definition) is 8. The van der Waals surface area contributed by atoms with Crippen LogP contribution in [0.5, 0.6) is 0 Å². The number of nitrogens with one attached hydrogen (secondary N) is 1. The number of piperidine rings is 1. The number of ether oxygens (including phenoxy) is 1. The van der Waals surface area contributed by atoms with Crippen LogP contribution >= 0.6 is 22.9 Å². The second-order valence-electron chi connectivity index (χ2n) is 6.67. The van der Waals surface area contributed by atoms with Crippen LogP contribution in [0.25, 0.3) is 0 Å². The summed E-state index contributed by atoms with van der Waals surface area (Å²) in [4.78, 5) is 12.5. The maximum Gasteiger partial charge on any atom is 0.322 e. The summed E-state index contributed by atoms with van der Waals surface area (Å²) < 4.78 is 38.2. The zero-order chi connectivity index (χ0) is 19.7. The lowest BCUT2D eigenvalue weighted by Gasteiger charge is -2.29. The normalized spacial score (nSPS) is 21.8. The van der Waals surface area contributed by atoms with Crippen molar-refractivity contribution >= 4 is 44.9 Å². The minimum absolute atomic E-state index is 0.0405. The molecule has 0 spiro atoms. The van der Waals surface area contributed by atoms with E-state index in [9.17, 15) is 13.2 Å². The summed E-state index contributed by atoms with van der Waals surface area (Å²) >= 11 is 6.87. The molecule has 2 aliphatic rings. The van der Waals surface area contributed by atoms with Crippen molar-refractivity contribution in [2.45, 2.75) is 36.0 Å². The van der Waals surface area contributed by atoms with Gasteiger partial charge in [0.25, 0.3) is 10.0 Å². The fourth-order valence-corrected chi connectivity index (χ4v) is 6.42. The van der Waals surface area contributed by atoms with Crippen molar-refractivity contribution in [3.8, 4) is 0 Å². The third-order valence-electron chi connectivity index (χ3n) is 4.84. The van der Waals surface area contributed by atoms with Crippen LogP contribution in [0.2, 0.25) is 4.34 Å². The second-order valence-corrected chi connectivity index (χ2v) is 10.6. The molecule has 12 heteroatoms. The van der Waals surface area contributed by atoms with E-state index in [0.29, 0.717) is 29.7 Å². The summed E-state index contributed by atoms with van der Waals surface area (Å²) in [7, 11) is -3.57. The minimum Gasteiger partial charge on any atom is -0.405 e. The summed E-state index contributed by atoms with van der Waals surface area (Å²) in [5.41, 5.74) is 0. The number of amides is 1. The van der Waals surface area contributed by atoms with Crippen LogP contribution in [-0.4, -0.2) is 48.5 Å². The number of nitrogens with zero attached hydrogens (tertiary/aromatic N) is 3. The van der Waals surface area contributed by atoms with Crippen LogP contribution in [-0.2, 0) is 19.6 Å². The molecule has 0 bridgehead atoms. The number of rotatable bonds is 5. The Morgan fingerprint density at radius 3 is 2.68 bits per heavy atom. The van der Waals surface area contributed by atoms with Gasteiger partial charge in [0.15, 0.2) is 0 Å². The van der Waals surface area contributed by atoms with Gasteiger partial charge in [0, 0.05) is 25.6 Å². The Labute approximate surface area is 171 Å². The Hall–Kier alpha value is -1.53. The number of aromatic nitrogens is 2. The van der Waals surface area contributed by atoms with Gasteiger partial charge in [-0.05, 0) is 37.8 Å². The molecule has 0 aromatic carbocycles. The van der Waals surface area contributed by atoms with E-state index in [2.05, 4.69) is 15.5 Å². The summed E-state index contributed by atoms with van der Waals surface area (Å²) in [6.07, 6.45) is 2.37. The molecule has 0 aliphatic carbocycles. The van der Waals surface area contributed by atoms with E-state index >= 15 is 0 Å². The third kappa shape index (κ3) is 4.08. The average Bonchev–Trinajstić information content (AvgIpc) is 3.43. The maximum absolute atomic E-state index is 12.6. The van der Waals surface area contributed by atoms with Crippen LogP contribution < -0.4 is 5.32 Å². The molecule has 4 rings (SSSR count). The Balaban J connectivity index is 1.33. The molecule has 1 atom stereocenters. The van der Waals surface area contributed by atoms with E-state index in [1.807, 2.05) is 0 Å². The highest BCUT2D eigenvalue weighted by molar-refractivity contribution is 7.91.